The molecule has 0 aromatic carbocycles. The molecule has 1 rings (SSSR count). The van der Waals surface area contributed by atoms with Gasteiger partial charge < -0.3 is 33.5 Å². The molecule has 1 aliphatic carbocycles. The number of rotatable bonds is 48. The van der Waals surface area contributed by atoms with Crippen molar-refractivity contribution >= 4 is 30.0 Å². The molecule has 0 bridgehead atoms. The maximum atomic E-state index is 13.0. The molecule has 0 aliphatic heterocycles. The number of aliphatic hydroxyl groups is 1. The highest BCUT2D eigenvalue weighted by molar-refractivity contribution is 5.70. The number of nitrogens with zero attached hydrogens (tertiary/aromatic N) is 1. The first-order valence-electron chi connectivity index (χ1n) is 27.5. The van der Waals surface area contributed by atoms with Crippen LogP contribution in [-0.4, -0.2) is 105 Å². The van der Waals surface area contributed by atoms with Gasteiger partial charge in [-0.3, -0.25) is 24.1 Å². The van der Waals surface area contributed by atoms with Crippen molar-refractivity contribution in [1.82, 2.24) is 4.90 Å². The van der Waals surface area contributed by atoms with Crippen LogP contribution in [0.5, 0.6) is 0 Å². The van der Waals surface area contributed by atoms with Gasteiger partial charge in [0.15, 0.2) is 0 Å². The van der Waals surface area contributed by atoms with Crippen molar-refractivity contribution in [3.8, 4) is 0 Å². The van der Waals surface area contributed by atoms with Crippen molar-refractivity contribution in [3.63, 3.8) is 0 Å². The second-order valence-corrected chi connectivity index (χ2v) is 19.1. The van der Waals surface area contributed by atoms with Gasteiger partial charge in [0.05, 0.1) is 25.7 Å². The molecule has 0 saturated heterocycles. The van der Waals surface area contributed by atoms with Crippen molar-refractivity contribution in [3.05, 3.63) is 0 Å². The van der Waals surface area contributed by atoms with E-state index in [1.807, 2.05) is 0 Å². The number of hydrogen-bond acceptors (Lipinski definition) is 13. The molecule has 0 aromatic heterocycles. The largest absolute Gasteiger partial charge is 0.508 e. The summed E-state index contributed by atoms with van der Waals surface area (Å²) in [4.78, 5) is 65.4. The van der Waals surface area contributed by atoms with E-state index < -0.39 is 18.0 Å². The van der Waals surface area contributed by atoms with Crippen LogP contribution in [0.1, 0.15) is 239 Å². The molecule has 1 N–H and O–H groups in total. The van der Waals surface area contributed by atoms with Crippen LogP contribution < -0.4 is 0 Å². The van der Waals surface area contributed by atoms with Gasteiger partial charge in [-0.15, -0.1) is 0 Å². The zero-order valence-corrected chi connectivity index (χ0v) is 43.0. The number of aliphatic hydroxyl groups excluding tert-OH is 1. The maximum absolute atomic E-state index is 13.0. The zero-order chi connectivity index (χ0) is 48.8. The summed E-state index contributed by atoms with van der Waals surface area (Å²) in [7, 11) is 0. The first-order chi connectivity index (χ1) is 32.7. The maximum Gasteiger partial charge on any atom is 0.508 e. The lowest BCUT2D eigenvalue weighted by Gasteiger charge is -2.36. The van der Waals surface area contributed by atoms with E-state index in [2.05, 4.69) is 25.7 Å². The number of unbranched alkanes of at least 4 members (excludes halogenated alkanes) is 22. The topological polar surface area (TPSA) is 164 Å². The summed E-state index contributed by atoms with van der Waals surface area (Å²) in [6.45, 7) is 7.53. The first-order valence-corrected chi connectivity index (χ1v) is 27.5. The Morgan fingerprint density at radius 3 is 1.13 bits per heavy atom. The lowest BCUT2D eigenvalue weighted by atomic mass is 9.91. The molecule has 1 fully saturated rings. The van der Waals surface area contributed by atoms with Gasteiger partial charge in [0.2, 0.25) is 0 Å². The van der Waals surface area contributed by atoms with Gasteiger partial charge in [-0.05, 0) is 44.9 Å². The van der Waals surface area contributed by atoms with Gasteiger partial charge in [-0.25, -0.2) is 4.79 Å². The van der Waals surface area contributed by atoms with Crippen molar-refractivity contribution in [1.29, 1.82) is 0 Å². The van der Waals surface area contributed by atoms with Crippen LogP contribution in [0.2, 0.25) is 0 Å². The van der Waals surface area contributed by atoms with E-state index in [9.17, 15) is 29.1 Å². The molecule has 0 spiro atoms. The van der Waals surface area contributed by atoms with Crippen LogP contribution in [0.4, 0.5) is 4.79 Å². The molecular weight excluding hydrogens is 855 g/mol. The van der Waals surface area contributed by atoms with E-state index in [1.165, 1.54) is 77.0 Å². The Balaban J connectivity index is 2.59. The molecule has 67 heavy (non-hydrogen) atoms. The lowest BCUT2D eigenvalue weighted by Crippen LogP contribution is -2.43. The third-order valence-corrected chi connectivity index (χ3v) is 12.9. The number of hydrogen-bond donors (Lipinski definition) is 1. The summed E-state index contributed by atoms with van der Waals surface area (Å²) >= 11 is 0. The Hall–Kier alpha value is -2.93. The molecule has 1 unspecified atom stereocenters. The predicted octanol–water partition coefficient (Wildman–Crippen LogP) is 12.5. The molecule has 392 valence electrons. The molecule has 1 aliphatic rings. The van der Waals surface area contributed by atoms with Crippen LogP contribution in [0.15, 0.2) is 0 Å². The zero-order valence-electron chi connectivity index (χ0n) is 43.0. The summed E-state index contributed by atoms with van der Waals surface area (Å²) in [6, 6.07) is 0.389. The van der Waals surface area contributed by atoms with Crippen LogP contribution in [0.3, 0.4) is 0 Å². The van der Waals surface area contributed by atoms with Crippen LogP contribution >= 0.6 is 0 Å². The molecule has 13 nitrogen and oxygen atoms in total. The summed E-state index contributed by atoms with van der Waals surface area (Å²) in [6.07, 6.45) is 33.2. The molecule has 0 amide bonds. The first kappa shape index (κ1) is 62.1. The van der Waals surface area contributed by atoms with E-state index in [4.69, 9.17) is 28.4 Å². The summed E-state index contributed by atoms with van der Waals surface area (Å²) in [5.74, 6) is -2.21. The quantitative estimate of drug-likeness (QED) is 0.0348. The Bertz CT molecular complexity index is 1180. The second kappa shape index (κ2) is 45.5. The van der Waals surface area contributed by atoms with Crippen LogP contribution in [0, 0.1) is 11.8 Å². The highest BCUT2D eigenvalue weighted by Crippen LogP contribution is 2.24. The third-order valence-electron chi connectivity index (χ3n) is 12.9. The highest BCUT2D eigenvalue weighted by atomic mass is 16.7. The van der Waals surface area contributed by atoms with E-state index >= 15 is 0 Å². The Labute approximate surface area is 407 Å². The predicted molar refractivity (Wildman–Crippen MR) is 265 cm³/mol. The second-order valence-electron chi connectivity index (χ2n) is 19.1. The van der Waals surface area contributed by atoms with Gasteiger partial charge in [0.1, 0.15) is 26.4 Å². The fraction of sp³-hybridized carbons (Fsp3) is 0.907. The molecule has 1 saturated carbocycles. The van der Waals surface area contributed by atoms with Gasteiger partial charge in [0.25, 0.3) is 0 Å². The molecule has 13 heteroatoms. The third kappa shape index (κ3) is 38.6. The van der Waals surface area contributed by atoms with Gasteiger partial charge >= 0.3 is 30.0 Å². The number of esters is 4. The fourth-order valence-corrected chi connectivity index (χ4v) is 8.24. The lowest BCUT2D eigenvalue weighted by molar-refractivity contribution is -0.152. The molecule has 0 radical (unpaired) electrons. The Morgan fingerprint density at radius 1 is 0.433 bits per heavy atom. The summed E-state index contributed by atoms with van der Waals surface area (Å²) in [5, 5.41) is 9.45. The fourth-order valence-electron chi connectivity index (χ4n) is 8.24. The number of carbonyl (C=O) groups excluding carboxylic acids is 5. The van der Waals surface area contributed by atoms with Gasteiger partial charge in [-0.1, -0.05) is 168 Å². The van der Waals surface area contributed by atoms with Gasteiger partial charge in [0, 0.05) is 50.7 Å². The van der Waals surface area contributed by atoms with Crippen LogP contribution in [-0.2, 0) is 47.6 Å². The Morgan fingerprint density at radius 2 is 0.776 bits per heavy atom. The minimum atomic E-state index is -0.863. The molecule has 1 atom stereocenters. The van der Waals surface area contributed by atoms with E-state index in [1.54, 1.807) is 0 Å². The van der Waals surface area contributed by atoms with Crippen molar-refractivity contribution < 1.29 is 57.5 Å². The average molecular weight is 954 g/mol. The minimum Gasteiger partial charge on any atom is -0.465 e. The molecule has 0 aromatic rings. The summed E-state index contributed by atoms with van der Waals surface area (Å²) in [5.41, 5.74) is 0. The van der Waals surface area contributed by atoms with Crippen LogP contribution in [0.25, 0.3) is 0 Å². The van der Waals surface area contributed by atoms with Crippen molar-refractivity contribution in [2.75, 3.05) is 59.3 Å². The normalized spacial score (nSPS) is 13.0. The van der Waals surface area contributed by atoms with Crippen molar-refractivity contribution in [2.24, 2.45) is 11.8 Å². The smallest absolute Gasteiger partial charge is 0.465 e. The molecular formula is C54H99NO12. The van der Waals surface area contributed by atoms with Gasteiger partial charge in [-0.2, -0.15) is 0 Å². The number of carbonyl (C=O) groups is 5. The highest BCUT2D eigenvalue weighted by Gasteiger charge is 2.25. The minimum absolute atomic E-state index is 0.0313. The standard InChI is InChI=1S/C54H99NO12/c1-4-7-10-13-14-15-16-17-18-19-20-21-22-25-28-36-52(59)65-44-48(46-67-54(61)62-41-39-55(38-40-56)49-32-30-33-49)45-66-53(60)37-29-31-47(42-63-50(57)34-26-23-11-8-5-2)43-64-51(58)35-27-24-12-9-6-3/h47-49,56H,4-46H2,1-3H3. The van der Waals surface area contributed by atoms with E-state index in [0.29, 0.717) is 51.2 Å². The average Bonchev–Trinajstić information content (AvgIpc) is 3.30. The van der Waals surface area contributed by atoms with E-state index in [0.717, 1.165) is 103 Å². The SMILES string of the molecule is CCCCCCCCCCCCCCCCCC(=O)OCC(COC(=O)CCCC(COC(=O)CCCCCCC)COC(=O)CCCCCCC)COC(=O)OCCN(CCO)C1CCC1. The summed E-state index contributed by atoms with van der Waals surface area (Å²) < 4.78 is 33.1. The molecule has 0 heterocycles. The monoisotopic (exact) mass is 954 g/mol. The number of ether oxygens (including phenoxy) is 6. The van der Waals surface area contributed by atoms with E-state index in [-0.39, 0.29) is 76.5 Å². The Kier molecular flexibility index (Phi) is 42.2. The van der Waals surface area contributed by atoms with Crippen molar-refractivity contribution in [2.45, 2.75) is 245 Å².